The molecule has 2 atom stereocenters. The quantitative estimate of drug-likeness (QED) is 0.827. The van der Waals surface area contributed by atoms with Gasteiger partial charge < -0.3 is 14.6 Å². The van der Waals surface area contributed by atoms with Gasteiger partial charge in [-0.25, -0.2) is 9.59 Å². The zero-order valence-corrected chi connectivity index (χ0v) is 11.3. The van der Waals surface area contributed by atoms with E-state index in [4.69, 9.17) is 14.6 Å². The molecule has 0 radical (unpaired) electrons. The van der Waals surface area contributed by atoms with E-state index >= 15 is 0 Å². The largest absolute Gasteiger partial charge is 0.480 e. The smallest absolute Gasteiger partial charge is 0.411 e. The van der Waals surface area contributed by atoms with E-state index in [1.165, 1.54) is 4.90 Å². The summed E-state index contributed by atoms with van der Waals surface area (Å²) in [6.07, 6.45) is -0.170. The number of likely N-dealkylation sites (tertiary alicyclic amines) is 1. The molecule has 2 unspecified atom stereocenters. The number of ether oxygens (including phenoxy) is 2. The van der Waals surface area contributed by atoms with Crippen molar-refractivity contribution >= 4 is 12.1 Å². The molecule has 1 amide bonds. The lowest BCUT2D eigenvalue weighted by molar-refractivity contribution is -0.142. The Balaban J connectivity index is 2.72. The number of carboxylic acids is 1. The fourth-order valence-electron chi connectivity index (χ4n) is 2.04. The molecule has 1 rings (SSSR count). The zero-order chi connectivity index (χ0) is 13.9. The van der Waals surface area contributed by atoms with Gasteiger partial charge in [0.25, 0.3) is 0 Å². The highest BCUT2D eigenvalue weighted by atomic mass is 16.6. The Kier molecular flexibility index (Phi) is 4.56. The highest BCUT2D eigenvalue weighted by Gasteiger charge is 2.41. The van der Waals surface area contributed by atoms with Crippen molar-refractivity contribution in [3.8, 4) is 0 Å². The van der Waals surface area contributed by atoms with E-state index in [1.807, 2.05) is 0 Å². The third kappa shape index (κ3) is 3.87. The number of rotatable bonds is 3. The van der Waals surface area contributed by atoms with Crippen molar-refractivity contribution in [2.75, 3.05) is 20.3 Å². The van der Waals surface area contributed by atoms with Crippen molar-refractivity contribution in [2.45, 2.75) is 38.8 Å². The summed E-state index contributed by atoms with van der Waals surface area (Å²) in [5.41, 5.74) is -0.626. The maximum Gasteiger partial charge on any atom is 0.411 e. The first-order chi connectivity index (χ1) is 8.24. The number of aliphatic carboxylic acids is 1. The monoisotopic (exact) mass is 259 g/mol. The molecule has 0 saturated carbocycles. The summed E-state index contributed by atoms with van der Waals surface area (Å²) in [7, 11) is 1.56. The average Bonchev–Trinajstić information content (AvgIpc) is 2.59. The van der Waals surface area contributed by atoms with Crippen LogP contribution in [-0.2, 0) is 14.3 Å². The van der Waals surface area contributed by atoms with Gasteiger partial charge in [0.15, 0.2) is 0 Å². The molecule has 0 bridgehead atoms. The van der Waals surface area contributed by atoms with Gasteiger partial charge in [0.05, 0.1) is 6.61 Å². The molecule has 1 fully saturated rings. The van der Waals surface area contributed by atoms with Crippen LogP contribution in [0.4, 0.5) is 4.79 Å². The molecule has 0 aromatic heterocycles. The van der Waals surface area contributed by atoms with Crippen molar-refractivity contribution in [2.24, 2.45) is 5.92 Å². The van der Waals surface area contributed by atoms with Crippen molar-refractivity contribution in [1.29, 1.82) is 0 Å². The number of carboxylic acid groups (broad SMARTS) is 1. The van der Waals surface area contributed by atoms with E-state index in [0.29, 0.717) is 19.6 Å². The second kappa shape index (κ2) is 5.56. The number of hydrogen-bond acceptors (Lipinski definition) is 4. The molecule has 1 aliphatic rings. The number of carbonyl (C=O) groups is 2. The lowest BCUT2D eigenvalue weighted by Gasteiger charge is -2.26. The second-order valence-electron chi connectivity index (χ2n) is 5.54. The molecular formula is C12H21NO5. The van der Waals surface area contributed by atoms with Gasteiger partial charge in [0, 0.05) is 19.6 Å². The Morgan fingerprint density at radius 2 is 2.00 bits per heavy atom. The van der Waals surface area contributed by atoms with Crippen LogP contribution in [0.3, 0.4) is 0 Å². The fraction of sp³-hybridized carbons (Fsp3) is 0.833. The third-order valence-electron chi connectivity index (χ3n) is 2.70. The van der Waals surface area contributed by atoms with Crippen LogP contribution < -0.4 is 0 Å². The Bertz CT molecular complexity index is 323. The molecule has 1 saturated heterocycles. The summed E-state index contributed by atoms with van der Waals surface area (Å²) in [5, 5.41) is 9.13. The number of carbonyl (C=O) groups excluding carboxylic acids is 1. The highest BCUT2D eigenvalue weighted by Crippen LogP contribution is 2.25. The maximum absolute atomic E-state index is 11.9. The molecule has 1 heterocycles. The Morgan fingerprint density at radius 1 is 1.39 bits per heavy atom. The van der Waals surface area contributed by atoms with E-state index in [2.05, 4.69) is 0 Å². The minimum atomic E-state index is -1.00. The van der Waals surface area contributed by atoms with Crippen LogP contribution in [0, 0.1) is 5.92 Å². The minimum Gasteiger partial charge on any atom is -0.480 e. The summed E-state index contributed by atoms with van der Waals surface area (Å²) in [6, 6.07) is -0.819. The molecule has 18 heavy (non-hydrogen) atoms. The van der Waals surface area contributed by atoms with Crippen LogP contribution in [0.1, 0.15) is 27.2 Å². The van der Waals surface area contributed by atoms with Crippen molar-refractivity contribution in [3.05, 3.63) is 0 Å². The summed E-state index contributed by atoms with van der Waals surface area (Å²) in [4.78, 5) is 24.3. The lowest BCUT2D eigenvalue weighted by Crippen LogP contribution is -2.43. The second-order valence-corrected chi connectivity index (χ2v) is 5.54. The van der Waals surface area contributed by atoms with Gasteiger partial charge in [-0.2, -0.15) is 0 Å². The Morgan fingerprint density at radius 3 is 2.44 bits per heavy atom. The van der Waals surface area contributed by atoms with Crippen molar-refractivity contribution in [3.63, 3.8) is 0 Å². The average molecular weight is 259 g/mol. The zero-order valence-electron chi connectivity index (χ0n) is 11.3. The van der Waals surface area contributed by atoms with Gasteiger partial charge in [-0.15, -0.1) is 0 Å². The predicted octanol–water partition coefficient (Wildman–Crippen LogP) is 1.34. The molecule has 0 spiro atoms. The van der Waals surface area contributed by atoms with Crippen LogP contribution >= 0.6 is 0 Å². The van der Waals surface area contributed by atoms with E-state index in [1.54, 1.807) is 27.9 Å². The van der Waals surface area contributed by atoms with Crippen LogP contribution in [0.15, 0.2) is 0 Å². The Hall–Kier alpha value is -1.30. The normalized spacial score (nSPS) is 24.1. The standard InChI is InChI=1S/C12H21NO5/c1-12(2,3)18-11(16)13-6-8(7-17-4)5-9(13)10(14)15/h8-9H,5-7H2,1-4H3,(H,14,15). The Labute approximate surface area is 107 Å². The predicted molar refractivity (Wildman–Crippen MR) is 64.3 cm³/mol. The number of amides is 1. The number of hydrogen-bond donors (Lipinski definition) is 1. The minimum absolute atomic E-state index is 0.0450. The van der Waals surface area contributed by atoms with Crippen LogP contribution in [0.2, 0.25) is 0 Å². The third-order valence-corrected chi connectivity index (χ3v) is 2.70. The van der Waals surface area contributed by atoms with E-state index < -0.39 is 23.7 Å². The van der Waals surface area contributed by atoms with Gasteiger partial charge in [-0.3, -0.25) is 4.90 Å². The van der Waals surface area contributed by atoms with Crippen molar-refractivity contribution < 1.29 is 24.2 Å². The summed E-state index contributed by atoms with van der Waals surface area (Å²) < 4.78 is 10.2. The van der Waals surface area contributed by atoms with Crippen LogP contribution in [-0.4, -0.2) is 54.0 Å². The fourth-order valence-corrected chi connectivity index (χ4v) is 2.04. The topological polar surface area (TPSA) is 76.1 Å². The van der Waals surface area contributed by atoms with Gasteiger partial charge in [0.2, 0.25) is 0 Å². The van der Waals surface area contributed by atoms with Crippen LogP contribution in [0.25, 0.3) is 0 Å². The summed E-state index contributed by atoms with van der Waals surface area (Å²) in [6.45, 7) is 6.07. The molecule has 1 N–H and O–H groups in total. The van der Waals surface area contributed by atoms with Gasteiger partial charge in [-0.05, 0) is 27.2 Å². The first-order valence-corrected chi connectivity index (χ1v) is 5.96. The first kappa shape index (κ1) is 14.8. The molecule has 6 heteroatoms. The summed E-state index contributed by atoms with van der Waals surface area (Å²) in [5.74, 6) is -0.955. The maximum atomic E-state index is 11.9. The molecule has 0 aromatic rings. The van der Waals surface area contributed by atoms with Gasteiger partial charge >= 0.3 is 12.1 Å². The van der Waals surface area contributed by atoms with E-state index in [0.717, 1.165) is 0 Å². The number of methoxy groups -OCH3 is 1. The highest BCUT2D eigenvalue weighted by molar-refractivity contribution is 5.81. The van der Waals surface area contributed by atoms with Gasteiger partial charge in [0.1, 0.15) is 11.6 Å². The molecular weight excluding hydrogens is 238 g/mol. The molecule has 6 nitrogen and oxygen atoms in total. The van der Waals surface area contributed by atoms with Crippen molar-refractivity contribution in [1.82, 2.24) is 4.90 Å². The number of nitrogens with zero attached hydrogens (tertiary/aromatic N) is 1. The molecule has 0 aromatic carbocycles. The lowest BCUT2D eigenvalue weighted by atomic mass is 10.1. The summed E-state index contributed by atoms with van der Waals surface area (Å²) >= 11 is 0. The SMILES string of the molecule is COCC1CC(C(=O)O)N(C(=O)OC(C)(C)C)C1. The van der Waals surface area contributed by atoms with Gasteiger partial charge in [-0.1, -0.05) is 0 Å². The first-order valence-electron chi connectivity index (χ1n) is 5.96. The molecule has 104 valence electrons. The van der Waals surface area contributed by atoms with Crippen LogP contribution in [0.5, 0.6) is 0 Å². The molecule has 0 aliphatic carbocycles. The van der Waals surface area contributed by atoms with E-state index in [-0.39, 0.29) is 5.92 Å². The van der Waals surface area contributed by atoms with E-state index in [9.17, 15) is 9.59 Å². The molecule has 1 aliphatic heterocycles.